The number of halogens is 1. The fraction of sp³-hybridized carbons (Fsp3) is 0.375. The summed E-state index contributed by atoms with van der Waals surface area (Å²) in [5.74, 6) is 1.12. The molecule has 3 rings (SSSR count). The minimum atomic E-state index is 0.791. The molecular formula is C16H19BrN4. The summed E-state index contributed by atoms with van der Waals surface area (Å²) >= 11 is 3.68. The second-order valence-corrected chi connectivity index (χ2v) is 5.91. The van der Waals surface area contributed by atoms with Gasteiger partial charge in [-0.1, -0.05) is 19.1 Å². The van der Waals surface area contributed by atoms with Crippen LogP contribution in [0.25, 0.3) is 11.0 Å². The molecule has 0 aliphatic heterocycles. The van der Waals surface area contributed by atoms with E-state index >= 15 is 0 Å². The predicted molar refractivity (Wildman–Crippen MR) is 88.6 cm³/mol. The van der Waals surface area contributed by atoms with Crippen LogP contribution in [0, 0.1) is 6.92 Å². The molecule has 2 aromatic heterocycles. The van der Waals surface area contributed by atoms with Gasteiger partial charge in [0.2, 0.25) is 0 Å². The van der Waals surface area contributed by atoms with Gasteiger partial charge in [0.05, 0.1) is 33.4 Å². The first-order valence-corrected chi connectivity index (χ1v) is 8.10. The van der Waals surface area contributed by atoms with Gasteiger partial charge in [-0.15, -0.1) is 0 Å². The molecule has 0 fully saturated rings. The van der Waals surface area contributed by atoms with Gasteiger partial charge in [-0.3, -0.25) is 4.68 Å². The highest BCUT2D eigenvalue weighted by molar-refractivity contribution is 9.10. The van der Waals surface area contributed by atoms with Crippen molar-refractivity contribution in [2.75, 3.05) is 0 Å². The van der Waals surface area contributed by atoms with E-state index in [9.17, 15) is 0 Å². The number of imidazole rings is 1. The van der Waals surface area contributed by atoms with Crippen molar-refractivity contribution in [3.05, 3.63) is 46.0 Å². The number of fused-ring (bicyclic) bond motifs is 1. The fourth-order valence-electron chi connectivity index (χ4n) is 2.74. The van der Waals surface area contributed by atoms with E-state index in [0.717, 1.165) is 41.0 Å². The number of aryl methyl sites for hydroxylation is 3. The predicted octanol–water partition coefficient (Wildman–Crippen LogP) is 3.93. The molecule has 3 aromatic rings. The Morgan fingerprint density at radius 1 is 1.19 bits per heavy atom. The Bertz CT molecular complexity index is 785. The van der Waals surface area contributed by atoms with Gasteiger partial charge in [0.1, 0.15) is 5.82 Å². The number of hydrogen-bond acceptors (Lipinski definition) is 2. The van der Waals surface area contributed by atoms with Crippen molar-refractivity contribution in [3.63, 3.8) is 0 Å². The van der Waals surface area contributed by atoms with Crippen molar-refractivity contribution in [1.29, 1.82) is 0 Å². The quantitative estimate of drug-likeness (QED) is 0.717. The SMILES string of the molecule is CCc1nc2ccccc2n1Cc1c(Br)c(C)nn1CC. The molecule has 1 aromatic carbocycles. The van der Waals surface area contributed by atoms with Gasteiger partial charge in [-0.25, -0.2) is 4.98 Å². The average molecular weight is 347 g/mol. The van der Waals surface area contributed by atoms with Crippen LogP contribution < -0.4 is 0 Å². The average Bonchev–Trinajstić information content (AvgIpc) is 2.99. The minimum Gasteiger partial charge on any atom is -0.322 e. The molecule has 0 N–H and O–H groups in total. The van der Waals surface area contributed by atoms with Crippen LogP contribution in [0.5, 0.6) is 0 Å². The number of rotatable bonds is 4. The minimum absolute atomic E-state index is 0.791. The summed E-state index contributed by atoms with van der Waals surface area (Å²) in [6.07, 6.45) is 0.922. The summed E-state index contributed by atoms with van der Waals surface area (Å²) in [5.41, 5.74) is 4.48. The van der Waals surface area contributed by atoms with Gasteiger partial charge in [-0.2, -0.15) is 5.10 Å². The summed E-state index contributed by atoms with van der Waals surface area (Å²) < 4.78 is 5.46. The Morgan fingerprint density at radius 2 is 1.95 bits per heavy atom. The van der Waals surface area contributed by atoms with E-state index in [1.54, 1.807) is 0 Å². The number of nitrogens with zero attached hydrogens (tertiary/aromatic N) is 4. The Hall–Kier alpha value is -1.62. The Labute approximate surface area is 132 Å². The third-order valence-electron chi connectivity index (χ3n) is 3.81. The smallest absolute Gasteiger partial charge is 0.109 e. The van der Waals surface area contributed by atoms with Gasteiger partial charge < -0.3 is 4.57 Å². The highest BCUT2D eigenvalue weighted by atomic mass is 79.9. The topological polar surface area (TPSA) is 35.6 Å². The van der Waals surface area contributed by atoms with Crippen LogP contribution >= 0.6 is 15.9 Å². The van der Waals surface area contributed by atoms with Crippen molar-refractivity contribution in [2.45, 2.75) is 40.3 Å². The lowest BCUT2D eigenvalue weighted by Crippen LogP contribution is -2.10. The van der Waals surface area contributed by atoms with E-state index < -0.39 is 0 Å². The summed E-state index contributed by atoms with van der Waals surface area (Å²) in [7, 11) is 0. The third kappa shape index (κ3) is 2.39. The van der Waals surface area contributed by atoms with Gasteiger partial charge in [0.25, 0.3) is 0 Å². The molecule has 0 saturated heterocycles. The van der Waals surface area contributed by atoms with Gasteiger partial charge >= 0.3 is 0 Å². The largest absolute Gasteiger partial charge is 0.322 e. The summed E-state index contributed by atoms with van der Waals surface area (Å²) in [6.45, 7) is 7.96. The first kappa shape index (κ1) is 14.3. The zero-order chi connectivity index (χ0) is 15.0. The molecule has 0 amide bonds. The number of hydrogen-bond donors (Lipinski definition) is 0. The second kappa shape index (κ2) is 5.64. The zero-order valence-electron chi connectivity index (χ0n) is 12.6. The van der Waals surface area contributed by atoms with E-state index in [4.69, 9.17) is 4.98 Å². The number of benzene rings is 1. The second-order valence-electron chi connectivity index (χ2n) is 5.12. The summed E-state index contributed by atoms with van der Waals surface area (Å²) in [4.78, 5) is 4.74. The Morgan fingerprint density at radius 3 is 2.67 bits per heavy atom. The lowest BCUT2D eigenvalue weighted by molar-refractivity contribution is 0.593. The molecule has 0 atom stereocenters. The first-order valence-electron chi connectivity index (χ1n) is 7.31. The van der Waals surface area contributed by atoms with Crippen LogP contribution in [-0.2, 0) is 19.5 Å². The van der Waals surface area contributed by atoms with Crippen molar-refractivity contribution in [1.82, 2.24) is 19.3 Å². The van der Waals surface area contributed by atoms with Crippen LogP contribution in [0.4, 0.5) is 0 Å². The first-order chi connectivity index (χ1) is 10.2. The van der Waals surface area contributed by atoms with Gasteiger partial charge in [0, 0.05) is 13.0 Å². The Kier molecular flexibility index (Phi) is 3.85. The Balaban J connectivity index is 2.14. The van der Waals surface area contributed by atoms with Gasteiger partial charge in [0.15, 0.2) is 0 Å². The van der Waals surface area contributed by atoms with Crippen LogP contribution in [0.3, 0.4) is 0 Å². The van der Waals surface area contributed by atoms with Crippen molar-refractivity contribution in [3.8, 4) is 0 Å². The summed E-state index contributed by atoms with van der Waals surface area (Å²) in [6, 6.07) is 8.31. The van der Waals surface area contributed by atoms with E-state index in [1.165, 1.54) is 11.2 Å². The van der Waals surface area contributed by atoms with E-state index in [0.29, 0.717) is 0 Å². The molecule has 2 heterocycles. The molecule has 0 unspecified atom stereocenters. The molecular weight excluding hydrogens is 328 g/mol. The third-order valence-corrected chi connectivity index (χ3v) is 4.84. The molecule has 4 nitrogen and oxygen atoms in total. The molecule has 0 saturated carbocycles. The summed E-state index contributed by atoms with van der Waals surface area (Å²) in [5, 5.41) is 4.58. The maximum atomic E-state index is 4.74. The van der Waals surface area contributed by atoms with Crippen molar-refractivity contribution in [2.24, 2.45) is 0 Å². The van der Waals surface area contributed by atoms with Crippen molar-refractivity contribution >= 4 is 27.0 Å². The monoisotopic (exact) mass is 346 g/mol. The normalized spacial score (nSPS) is 11.4. The van der Waals surface area contributed by atoms with Crippen LogP contribution in [0.15, 0.2) is 28.7 Å². The molecule has 0 aliphatic carbocycles. The number of para-hydroxylation sites is 2. The molecule has 0 spiro atoms. The van der Waals surface area contributed by atoms with Crippen LogP contribution in [-0.4, -0.2) is 19.3 Å². The standard InChI is InChI=1S/C16H19BrN4/c1-4-15-18-12-8-6-7-9-13(12)20(15)10-14-16(17)11(3)19-21(14)5-2/h6-9H,4-5,10H2,1-3H3. The molecule has 110 valence electrons. The van der Waals surface area contributed by atoms with Crippen LogP contribution in [0.2, 0.25) is 0 Å². The molecule has 0 bridgehead atoms. The molecule has 21 heavy (non-hydrogen) atoms. The fourth-order valence-corrected chi connectivity index (χ4v) is 3.15. The molecule has 0 radical (unpaired) electrons. The maximum Gasteiger partial charge on any atom is 0.109 e. The van der Waals surface area contributed by atoms with Crippen LogP contribution in [0.1, 0.15) is 31.1 Å². The number of aromatic nitrogens is 4. The van der Waals surface area contributed by atoms with Gasteiger partial charge in [-0.05, 0) is 41.9 Å². The zero-order valence-corrected chi connectivity index (χ0v) is 14.2. The van der Waals surface area contributed by atoms with E-state index in [-0.39, 0.29) is 0 Å². The molecule has 5 heteroatoms. The lowest BCUT2D eigenvalue weighted by atomic mass is 10.3. The lowest BCUT2D eigenvalue weighted by Gasteiger charge is -2.10. The highest BCUT2D eigenvalue weighted by Gasteiger charge is 2.16. The maximum absolute atomic E-state index is 4.74. The molecule has 0 aliphatic rings. The van der Waals surface area contributed by atoms with E-state index in [1.807, 2.05) is 13.0 Å². The highest BCUT2D eigenvalue weighted by Crippen LogP contribution is 2.25. The van der Waals surface area contributed by atoms with Crippen molar-refractivity contribution < 1.29 is 0 Å². The van der Waals surface area contributed by atoms with E-state index in [2.05, 4.69) is 62.3 Å².